The van der Waals surface area contributed by atoms with Crippen molar-refractivity contribution in [1.29, 1.82) is 5.26 Å². The molecule has 0 atom stereocenters. The fraction of sp³-hybridized carbons (Fsp3) is 0.167. The molecule has 24 heavy (non-hydrogen) atoms. The summed E-state index contributed by atoms with van der Waals surface area (Å²) in [6.45, 7) is 0.571. The van der Waals surface area contributed by atoms with Crippen molar-refractivity contribution in [3.05, 3.63) is 81.8 Å². The van der Waals surface area contributed by atoms with Crippen LogP contribution in [-0.4, -0.2) is 14.8 Å². The van der Waals surface area contributed by atoms with Gasteiger partial charge in [0.15, 0.2) is 5.16 Å². The smallest absolute Gasteiger partial charge is 0.270 e. The third kappa shape index (κ3) is 3.76. The molecule has 1 heterocycles. The van der Waals surface area contributed by atoms with Crippen LogP contribution in [0.15, 0.2) is 64.5 Å². The fourth-order valence-corrected chi connectivity index (χ4v) is 3.37. The summed E-state index contributed by atoms with van der Waals surface area (Å²) >= 11 is 1.46. The van der Waals surface area contributed by atoms with Gasteiger partial charge < -0.3 is 0 Å². The van der Waals surface area contributed by atoms with E-state index in [-0.39, 0.29) is 5.69 Å². The van der Waals surface area contributed by atoms with E-state index >= 15 is 0 Å². The first kappa shape index (κ1) is 16.1. The number of aromatic nitrogens is 3. The van der Waals surface area contributed by atoms with Crippen molar-refractivity contribution < 1.29 is 0 Å². The normalized spacial score (nSPS) is 10.5. The van der Waals surface area contributed by atoms with Crippen LogP contribution in [0.2, 0.25) is 0 Å². The van der Waals surface area contributed by atoms with Crippen LogP contribution < -0.4 is 5.69 Å². The highest BCUT2D eigenvalue weighted by atomic mass is 32.2. The number of benzene rings is 2. The molecule has 0 aliphatic heterocycles. The molecule has 0 radical (unpaired) electrons. The van der Waals surface area contributed by atoms with Crippen molar-refractivity contribution in [1.82, 2.24) is 14.8 Å². The van der Waals surface area contributed by atoms with Crippen LogP contribution in [0.25, 0.3) is 0 Å². The van der Waals surface area contributed by atoms with Gasteiger partial charge in [-0.25, -0.2) is 9.89 Å². The van der Waals surface area contributed by atoms with Gasteiger partial charge >= 0.3 is 5.69 Å². The molecule has 6 heteroatoms. The zero-order valence-corrected chi connectivity index (χ0v) is 13.8. The second-order valence-corrected chi connectivity index (χ2v) is 6.20. The van der Waals surface area contributed by atoms with E-state index in [2.05, 4.69) is 16.3 Å². The Morgan fingerprint density at radius 1 is 1.12 bits per heavy atom. The van der Waals surface area contributed by atoms with E-state index in [4.69, 9.17) is 5.26 Å². The molecule has 0 fully saturated rings. The highest BCUT2D eigenvalue weighted by Gasteiger charge is 2.10. The number of nitriles is 1. The molecule has 0 aliphatic rings. The fourth-order valence-electron chi connectivity index (χ4n) is 2.39. The monoisotopic (exact) mass is 336 g/mol. The van der Waals surface area contributed by atoms with Gasteiger partial charge in [-0.2, -0.15) is 5.26 Å². The standard InChI is InChI=1S/C18H16N4OS/c19-12-15-8-4-5-9-16(15)13-24-18-21-20-17(23)22(18)11-10-14-6-2-1-3-7-14/h1-9H,10-11,13H2,(H,20,23). The number of aryl methyl sites for hydroxylation is 1. The lowest BCUT2D eigenvalue weighted by molar-refractivity contribution is 0.616. The minimum Gasteiger partial charge on any atom is -0.270 e. The van der Waals surface area contributed by atoms with Gasteiger partial charge in [0, 0.05) is 12.3 Å². The van der Waals surface area contributed by atoms with Gasteiger partial charge in [0.2, 0.25) is 0 Å². The van der Waals surface area contributed by atoms with Crippen LogP contribution in [0, 0.1) is 11.3 Å². The number of nitrogens with one attached hydrogen (secondary N) is 1. The Bertz CT molecular complexity index is 909. The summed E-state index contributed by atoms with van der Waals surface area (Å²) in [4.78, 5) is 12.0. The maximum Gasteiger partial charge on any atom is 0.343 e. The Morgan fingerprint density at radius 2 is 1.88 bits per heavy atom. The third-order valence-electron chi connectivity index (χ3n) is 3.68. The number of thioether (sulfide) groups is 1. The van der Waals surface area contributed by atoms with E-state index < -0.39 is 0 Å². The lowest BCUT2D eigenvalue weighted by Crippen LogP contribution is -2.18. The molecule has 0 unspecified atom stereocenters. The second-order valence-electron chi connectivity index (χ2n) is 5.26. The van der Waals surface area contributed by atoms with Crippen LogP contribution in [0.1, 0.15) is 16.7 Å². The molecule has 1 aromatic heterocycles. The summed E-state index contributed by atoms with van der Waals surface area (Å²) in [6.07, 6.45) is 0.766. The first-order valence-electron chi connectivity index (χ1n) is 7.58. The molecule has 0 bridgehead atoms. The van der Waals surface area contributed by atoms with E-state index in [0.717, 1.165) is 12.0 Å². The first-order chi connectivity index (χ1) is 11.8. The number of hydrogen-bond acceptors (Lipinski definition) is 4. The Morgan fingerprint density at radius 3 is 2.67 bits per heavy atom. The summed E-state index contributed by atoms with van der Waals surface area (Å²) in [5.41, 5.74) is 2.56. The van der Waals surface area contributed by atoms with Crippen molar-refractivity contribution >= 4 is 11.8 Å². The summed E-state index contributed by atoms with van der Waals surface area (Å²) < 4.78 is 1.65. The highest BCUT2D eigenvalue weighted by Crippen LogP contribution is 2.22. The molecular weight excluding hydrogens is 320 g/mol. The second kappa shape index (κ2) is 7.66. The minimum atomic E-state index is -0.206. The largest absolute Gasteiger partial charge is 0.343 e. The van der Waals surface area contributed by atoms with Crippen molar-refractivity contribution in [2.24, 2.45) is 0 Å². The molecule has 2 aromatic carbocycles. The molecule has 0 amide bonds. The molecule has 3 aromatic rings. The van der Waals surface area contributed by atoms with Crippen LogP contribution in [0.4, 0.5) is 0 Å². The van der Waals surface area contributed by atoms with Gasteiger partial charge in [0.25, 0.3) is 0 Å². The number of rotatable bonds is 6. The van der Waals surface area contributed by atoms with Crippen molar-refractivity contribution in [3.63, 3.8) is 0 Å². The van der Waals surface area contributed by atoms with Crippen LogP contribution in [-0.2, 0) is 18.7 Å². The predicted molar refractivity (Wildman–Crippen MR) is 93.7 cm³/mol. The van der Waals surface area contributed by atoms with E-state index in [1.807, 2.05) is 48.5 Å². The summed E-state index contributed by atoms with van der Waals surface area (Å²) in [7, 11) is 0. The van der Waals surface area contributed by atoms with Crippen molar-refractivity contribution in [2.45, 2.75) is 23.9 Å². The number of nitrogens with zero attached hydrogens (tertiary/aromatic N) is 3. The summed E-state index contributed by atoms with van der Waals surface area (Å²) in [5.74, 6) is 0.597. The molecule has 0 saturated carbocycles. The molecular formula is C18H16N4OS. The van der Waals surface area contributed by atoms with E-state index in [0.29, 0.717) is 23.0 Å². The van der Waals surface area contributed by atoms with Gasteiger partial charge in [0.05, 0.1) is 11.6 Å². The van der Waals surface area contributed by atoms with E-state index in [9.17, 15) is 4.79 Å². The third-order valence-corrected chi connectivity index (χ3v) is 4.71. The maximum atomic E-state index is 12.0. The van der Waals surface area contributed by atoms with Gasteiger partial charge in [-0.05, 0) is 23.6 Å². The average Bonchev–Trinajstić information content (AvgIpc) is 2.99. The quantitative estimate of drug-likeness (QED) is 0.702. The van der Waals surface area contributed by atoms with E-state index in [1.165, 1.54) is 17.3 Å². The molecule has 0 spiro atoms. The number of hydrogen-bond donors (Lipinski definition) is 1. The Kier molecular flexibility index (Phi) is 5.14. The topological polar surface area (TPSA) is 74.5 Å². The Balaban J connectivity index is 1.71. The molecule has 0 aliphatic carbocycles. The van der Waals surface area contributed by atoms with Crippen LogP contribution >= 0.6 is 11.8 Å². The number of H-pyrrole nitrogens is 1. The SMILES string of the molecule is N#Cc1ccccc1CSc1n[nH]c(=O)n1CCc1ccccc1. The molecule has 5 nitrogen and oxygen atoms in total. The van der Waals surface area contributed by atoms with Gasteiger partial charge in [0.1, 0.15) is 0 Å². The Labute approximate surface area is 144 Å². The van der Waals surface area contributed by atoms with Crippen LogP contribution in [0.3, 0.4) is 0 Å². The molecule has 120 valence electrons. The van der Waals surface area contributed by atoms with Crippen LogP contribution in [0.5, 0.6) is 0 Å². The highest BCUT2D eigenvalue weighted by molar-refractivity contribution is 7.98. The van der Waals surface area contributed by atoms with Crippen molar-refractivity contribution in [3.8, 4) is 6.07 Å². The van der Waals surface area contributed by atoms with Gasteiger partial charge in [-0.1, -0.05) is 60.3 Å². The predicted octanol–water partition coefficient (Wildman–Crippen LogP) is 2.98. The zero-order chi connectivity index (χ0) is 16.8. The maximum absolute atomic E-state index is 12.0. The number of aromatic amines is 1. The van der Waals surface area contributed by atoms with Crippen molar-refractivity contribution in [2.75, 3.05) is 0 Å². The van der Waals surface area contributed by atoms with Gasteiger partial charge in [-0.15, -0.1) is 5.10 Å². The summed E-state index contributed by atoms with van der Waals surface area (Å²) in [5, 5.41) is 16.4. The lowest BCUT2D eigenvalue weighted by Gasteiger charge is -2.06. The first-order valence-corrected chi connectivity index (χ1v) is 8.56. The lowest BCUT2D eigenvalue weighted by atomic mass is 10.1. The van der Waals surface area contributed by atoms with E-state index in [1.54, 1.807) is 10.6 Å². The average molecular weight is 336 g/mol. The molecule has 3 rings (SSSR count). The Hall–Kier alpha value is -2.78. The zero-order valence-electron chi connectivity index (χ0n) is 13.0. The molecule has 1 N–H and O–H groups in total. The summed E-state index contributed by atoms with van der Waals surface area (Å²) in [6, 6.07) is 19.7. The minimum absolute atomic E-state index is 0.206. The molecule has 0 saturated heterocycles. The van der Waals surface area contributed by atoms with Gasteiger partial charge in [-0.3, -0.25) is 4.57 Å².